The normalized spacial score (nSPS) is 18.2. The van der Waals surface area contributed by atoms with E-state index in [1.165, 1.54) is 11.6 Å². The predicted octanol–water partition coefficient (Wildman–Crippen LogP) is 3.96. The summed E-state index contributed by atoms with van der Waals surface area (Å²) in [5, 5.41) is 15.3. The average molecular weight is 684 g/mol. The molecule has 0 saturated carbocycles. The summed E-state index contributed by atoms with van der Waals surface area (Å²) in [4.78, 5) is 26.8. The summed E-state index contributed by atoms with van der Waals surface area (Å²) in [5.74, 6) is -3.39. The summed E-state index contributed by atoms with van der Waals surface area (Å²) in [7, 11) is 2.29. The summed E-state index contributed by atoms with van der Waals surface area (Å²) >= 11 is 0. The number of nitrogens with one attached hydrogen (secondary N) is 2. The molecule has 2 heterocycles. The number of alkyl halides is 3. The van der Waals surface area contributed by atoms with Crippen LogP contribution in [0, 0.1) is 5.82 Å². The number of nitrogens with zero attached hydrogens (tertiary/aromatic N) is 3. The van der Waals surface area contributed by atoms with Crippen molar-refractivity contribution in [1.29, 1.82) is 0 Å². The first-order chi connectivity index (χ1) is 23.2. The molecular weight excluding hydrogens is 638 g/mol. The fraction of sp³-hybridized carbons (Fsp3) is 0.405. The minimum atomic E-state index is -5.19. The fourth-order valence-corrected chi connectivity index (χ4v) is 6.15. The Balaban J connectivity index is 0.000000698. The zero-order chi connectivity index (χ0) is 35.6. The van der Waals surface area contributed by atoms with Gasteiger partial charge in [0.2, 0.25) is 0 Å². The minimum absolute atomic E-state index is 0.121. The fourth-order valence-electron chi connectivity index (χ4n) is 6.15. The van der Waals surface area contributed by atoms with Gasteiger partial charge in [-0.25, -0.2) is 4.39 Å². The topological polar surface area (TPSA) is 87.7 Å². The van der Waals surface area contributed by atoms with Gasteiger partial charge >= 0.3 is 6.18 Å². The number of likely N-dealkylation sites (N-methyl/N-ethyl adjacent to an activating group) is 1. The molecule has 2 N–H and O–H groups in total. The first kappa shape index (κ1) is 37.7. The number of rotatable bonds is 10. The number of carbonyl (C=O) groups excluding carboxylic acids is 2. The van der Waals surface area contributed by atoms with Gasteiger partial charge < -0.3 is 25.0 Å². The van der Waals surface area contributed by atoms with Crippen LogP contribution in [0.2, 0.25) is 0 Å². The summed E-state index contributed by atoms with van der Waals surface area (Å²) in [6, 6.07) is 21.6. The van der Waals surface area contributed by atoms with Crippen LogP contribution in [0.5, 0.6) is 0 Å². The Hall–Kier alpha value is -4.10. The molecule has 0 unspecified atom stereocenters. The molecule has 49 heavy (non-hydrogen) atoms. The molecule has 2 saturated heterocycles. The van der Waals surface area contributed by atoms with Gasteiger partial charge in [0.15, 0.2) is 0 Å². The Morgan fingerprint density at radius 1 is 0.980 bits per heavy atom. The lowest BCUT2D eigenvalue weighted by atomic mass is 10.00. The van der Waals surface area contributed by atoms with Crippen molar-refractivity contribution in [2.75, 3.05) is 59.4 Å². The second kappa shape index (κ2) is 17.0. The van der Waals surface area contributed by atoms with Crippen molar-refractivity contribution in [3.8, 4) is 11.1 Å². The number of hydrogen-bond acceptors (Lipinski definition) is 6. The molecule has 3 aromatic carbocycles. The van der Waals surface area contributed by atoms with Gasteiger partial charge in [0.1, 0.15) is 11.8 Å². The molecule has 12 heteroatoms. The van der Waals surface area contributed by atoms with Gasteiger partial charge in [0.25, 0.3) is 5.91 Å². The molecule has 264 valence electrons. The number of carboxylic acid groups (broad SMARTS) is 1. The lowest BCUT2D eigenvalue weighted by Crippen LogP contribution is -2.56. The Labute approximate surface area is 285 Å². The number of aliphatic carboxylic acids is 1. The van der Waals surface area contributed by atoms with Crippen LogP contribution in [0.1, 0.15) is 34.0 Å². The Bertz CT molecular complexity index is 1590. The van der Waals surface area contributed by atoms with E-state index in [9.17, 15) is 22.4 Å². The van der Waals surface area contributed by atoms with E-state index in [4.69, 9.17) is 9.90 Å². The second-order valence-electron chi connectivity index (χ2n) is 13.1. The predicted molar refractivity (Wildman–Crippen MR) is 180 cm³/mol. The summed E-state index contributed by atoms with van der Waals surface area (Å²) < 4.78 is 47.5. The quantitative estimate of drug-likeness (QED) is 0.191. The first-order valence-electron chi connectivity index (χ1n) is 16.4. The van der Waals surface area contributed by atoms with Crippen LogP contribution >= 0.6 is 0 Å². The Morgan fingerprint density at radius 3 is 2.29 bits per heavy atom. The van der Waals surface area contributed by atoms with E-state index < -0.39 is 12.1 Å². The number of quaternary nitrogens is 1. The molecule has 1 amide bonds. The maximum absolute atomic E-state index is 15.0. The average Bonchev–Trinajstić information content (AvgIpc) is 3.05. The van der Waals surface area contributed by atoms with Gasteiger partial charge in [-0.05, 0) is 65.6 Å². The van der Waals surface area contributed by atoms with Crippen molar-refractivity contribution in [2.45, 2.75) is 38.8 Å². The van der Waals surface area contributed by atoms with Gasteiger partial charge in [-0.3, -0.25) is 14.6 Å². The first-order valence-corrected chi connectivity index (χ1v) is 16.4. The van der Waals surface area contributed by atoms with Crippen LogP contribution in [-0.2, 0) is 24.4 Å². The Morgan fingerprint density at radius 2 is 1.63 bits per heavy atom. The van der Waals surface area contributed by atoms with E-state index in [0.29, 0.717) is 23.7 Å². The summed E-state index contributed by atoms with van der Waals surface area (Å²) in [6.07, 6.45) is -3.18. The van der Waals surface area contributed by atoms with Gasteiger partial charge in [-0.2, -0.15) is 13.2 Å². The van der Waals surface area contributed by atoms with Crippen molar-refractivity contribution < 1.29 is 36.7 Å². The maximum Gasteiger partial charge on any atom is 0.430 e. The van der Waals surface area contributed by atoms with E-state index in [0.717, 1.165) is 86.6 Å². The van der Waals surface area contributed by atoms with E-state index in [1.54, 1.807) is 6.07 Å². The molecule has 0 spiro atoms. The zero-order valence-electron chi connectivity index (χ0n) is 28.1. The minimum Gasteiger partial charge on any atom is -0.542 e. The van der Waals surface area contributed by atoms with Crippen molar-refractivity contribution in [1.82, 2.24) is 20.4 Å². The maximum atomic E-state index is 15.0. The molecule has 0 radical (unpaired) electrons. The number of piperazine rings is 2. The van der Waals surface area contributed by atoms with Crippen LogP contribution in [0.25, 0.3) is 11.1 Å². The molecular formula is C37H45F4N5O3. The third kappa shape index (κ3) is 11.5. The molecule has 2 aliphatic heterocycles. The molecule has 2 fully saturated rings. The van der Waals surface area contributed by atoms with Crippen molar-refractivity contribution in [3.63, 3.8) is 0 Å². The Kier molecular flexibility index (Phi) is 13.1. The third-order valence-electron chi connectivity index (χ3n) is 8.89. The highest BCUT2D eigenvalue weighted by molar-refractivity contribution is 5.94. The summed E-state index contributed by atoms with van der Waals surface area (Å²) in [6.45, 7) is 16.4. The van der Waals surface area contributed by atoms with Crippen LogP contribution in [0.3, 0.4) is 0 Å². The second-order valence-corrected chi connectivity index (χ2v) is 13.1. The highest BCUT2D eigenvalue weighted by atomic mass is 19.4. The van der Waals surface area contributed by atoms with E-state index >= 15 is 0 Å². The molecule has 0 aromatic heterocycles. The molecule has 3 aromatic rings. The molecule has 2 aliphatic rings. The van der Waals surface area contributed by atoms with Crippen molar-refractivity contribution in [2.24, 2.45) is 0 Å². The molecule has 0 bridgehead atoms. The van der Waals surface area contributed by atoms with E-state index in [2.05, 4.69) is 59.2 Å². The smallest absolute Gasteiger partial charge is 0.430 e. The molecule has 0 aliphatic carbocycles. The van der Waals surface area contributed by atoms with E-state index in [-0.39, 0.29) is 11.7 Å². The lowest BCUT2D eigenvalue weighted by Gasteiger charge is -2.41. The van der Waals surface area contributed by atoms with Gasteiger partial charge in [0, 0.05) is 69.5 Å². The monoisotopic (exact) mass is 683 g/mol. The van der Waals surface area contributed by atoms with E-state index in [1.807, 2.05) is 42.5 Å². The summed E-state index contributed by atoms with van der Waals surface area (Å²) in [5.41, 5.74) is 5.25. The zero-order valence-corrected chi connectivity index (χ0v) is 28.1. The van der Waals surface area contributed by atoms with Gasteiger partial charge in [-0.15, -0.1) is 0 Å². The molecule has 5 rings (SSSR count). The highest BCUT2D eigenvalue weighted by Gasteiger charge is 2.29. The van der Waals surface area contributed by atoms with Gasteiger partial charge in [-0.1, -0.05) is 43.0 Å². The number of carbonyl (C=O) groups is 2. The standard InChI is InChI=1S/C35H44FN5O.C2HF3O2/c1-4-17-41(3)18-15-39(16-19-41)25-30-8-6-10-32(21-30)35(42)38-23-28-11-12-34(36)33(22-28)31-9-5-7-29(20-31)26-40-14-13-37-27(2)24-40;3-2(4,5)1(6)7/h4-12,20-22,27,37H,1,13-19,23-26H2,2-3H3;(H,6,7)/t27-;/m0./s1. The number of amides is 1. The van der Waals surface area contributed by atoms with Gasteiger partial charge in [0.05, 0.1) is 26.7 Å². The number of carboxylic acids is 1. The lowest BCUT2D eigenvalue weighted by molar-refractivity contribution is -0.908. The number of halogens is 4. The third-order valence-corrected chi connectivity index (χ3v) is 8.89. The van der Waals surface area contributed by atoms with Crippen LogP contribution < -0.4 is 15.7 Å². The highest BCUT2D eigenvalue weighted by Crippen LogP contribution is 2.26. The largest absolute Gasteiger partial charge is 0.542 e. The number of hydrogen-bond donors (Lipinski definition) is 2. The van der Waals surface area contributed by atoms with Crippen LogP contribution in [-0.4, -0.2) is 97.8 Å². The van der Waals surface area contributed by atoms with Crippen LogP contribution in [0.15, 0.2) is 79.4 Å². The molecule has 1 atom stereocenters. The van der Waals surface area contributed by atoms with Crippen molar-refractivity contribution >= 4 is 11.9 Å². The number of benzene rings is 3. The SMILES string of the molecule is C=CC[N+]1(C)CCN(Cc2cccc(C(=O)NCc3ccc(F)c(-c4cccc(CN5CCN[C@@H](C)C5)c4)c3)c2)CC1.O=C([O-])C(F)(F)F. The van der Waals surface area contributed by atoms with Crippen molar-refractivity contribution in [3.05, 3.63) is 107 Å². The van der Waals surface area contributed by atoms with Crippen LogP contribution in [0.4, 0.5) is 17.6 Å². The molecule has 8 nitrogen and oxygen atoms in total.